The number of fused-ring (bicyclic) bond motifs is 1. The van der Waals surface area contributed by atoms with Crippen molar-refractivity contribution < 1.29 is 13.9 Å². The lowest BCUT2D eigenvalue weighted by Crippen LogP contribution is -2.51. The average molecular weight is 448 g/mol. The van der Waals surface area contributed by atoms with Gasteiger partial charge in [-0.2, -0.15) is 5.26 Å². The van der Waals surface area contributed by atoms with E-state index in [9.17, 15) is 14.4 Å². The van der Waals surface area contributed by atoms with Crippen molar-refractivity contribution in [2.45, 2.75) is 25.4 Å². The molecular weight excluding hydrogens is 428 g/mol. The van der Waals surface area contributed by atoms with Crippen LogP contribution in [0.4, 0.5) is 10.1 Å². The van der Waals surface area contributed by atoms with Gasteiger partial charge >= 0.3 is 0 Å². The Morgan fingerprint density at radius 1 is 1.23 bits per heavy atom. The average Bonchev–Trinajstić information content (AvgIpc) is 2.76. The minimum Gasteiger partial charge on any atom is -0.476 e. The second-order valence-corrected chi connectivity index (χ2v) is 8.58. The molecule has 8 heteroatoms. The highest BCUT2D eigenvalue weighted by Gasteiger charge is 2.39. The summed E-state index contributed by atoms with van der Waals surface area (Å²) in [5, 5.41) is 13.8. The van der Waals surface area contributed by atoms with Gasteiger partial charge in [-0.1, -0.05) is 35.3 Å². The lowest BCUT2D eigenvalue weighted by molar-refractivity contribution is -0.140. The fourth-order valence-corrected chi connectivity index (χ4v) is 4.30. The lowest BCUT2D eigenvalue weighted by Gasteiger charge is -2.39. The molecule has 0 aromatic heterocycles. The normalized spacial score (nSPS) is 19.8. The lowest BCUT2D eigenvalue weighted by atomic mass is 9.75. The zero-order valence-corrected chi connectivity index (χ0v) is 17.6. The molecule has 30 heavy (non-hydrogen) atoms. The van der Waals surface area contributed by atoms with Crippen LogP contribution in [0.5, 0.6) is 5.75 Å². The van der Waals surface area contributed by atoms with Gasteiger partial charge in [0, 0.05) is 19.2 Å². The molecule has 2 aliphatic rings. The van der Waals surface area contributed by atoms with Gasteiger partial charge in [0.2, 0.25) is 0 Å². The van der Waals surface area contributed by atoms with E-state index in [-0.39, 0.29) is 11.7 Å². The molecule has 0 saturated carbocycles. The van der Waals surface area contributed by atoms with Crippen LogP contribution in [-0.4, -0.2) is 36.5 Å². The van der Waals surface area contributed by atoms with Crippen molar-refractivity contribution >= 4 is 34.8 Å². The number of piperidine rings is 1. The minimum absolute atomic E-state index is 0.118. The number of nitriles is 1. The van der Waals surface area contributed by atoms with E-state index in [1.54, 1.807) is 29.2 Å². The summed E-state index contributed by atoms with van der Waals surface area (Å²) in [6.07, 6.45) is 0.997. The van der Waals surface area contributed by atoms with E-state index in [1.165, 1.54) is 12.1 Å². The van der Waals surface area contributed by atoms with Crippen LogP contribution in [-0.2, 0) is 11.2 Å². The van der Waals surface area contributed by atoms with Gasteiger partial charge in [-0.3, -0.25) is 4.79 Å². The van der Waals surface area contributed by atoms with Crippen molar-refractivity contribution in [3.05, 3.63) is 57.8 Å². The Morgan fingerprint density at radius 3 is 2.57 bits per heavy atom. The van der Waals surface area contributed by atoms with E-state index in [2.05, 4.69) is 11.4 Å². The molecule has 1 fully saturated rings. The number of hydrogen-bond donors (Lipinski definition) is 1. The van der Waals surface area contributed by atoms with Crippen LogP contribution in [0.3, 0.4) is 0 Å². The Morgan fingerprint density at radius 2 is 1.90 bits per heavy atom. The molecule has 0 spiro atoms. The van der Waals surface area contributed by atoms with Crippen molar-refractivity contribution in [3.8, 4) is 11.8 Å². The second kappa shape index (κ2) is 8.33. The highest BCUT2D eigenvalue weighted by atomic mass is 35.5. The summed E-state index contributed by atoms with van der Waals surface area (Å²) in [6, 6.07) is 12.0. The largest absolute Gasteiger partial charge is 0.476 e. The molecule has 2 heterocycles. The number of carbonyl (C=O) groups is 1. The smallest absolute Gasteiger partial charge is 0.265 e. The molecule has 2 aromatic carbocycles. The van der Waals surface area contributed by atoms with E-state index in [0.717, 1.165) is 5.56 Å². The number of anilines is 1. The molecule has 1 atom stereocenters. The monoisotopic (exact) mass is 447 g/mol. The maximum Gasteiger partial charge on any atom is 0.265 e. The van der Waals surface area contributed by atoms with Crippen molar-refractivity contribution in [2.24, 2.45) is 5.41 Å². The Labute approximate surface area is 184 Å². The Hall–Kier alpha value is -2.49. The molecule has 1 amide bonds. The number of rotatable bonds is 3. The van der Waals surface area contributed by atoms with Crippen LogP contribution in [0.25, 0.3) is 0 Å². The highest BCUT2D eigenvalue weighted by Crippen LogP contribution is 2.38. The number of hydrogen-bond acceptors (Lipinski definition) is 4. The zero-order valence-electron chi connectivity index (χ0n) is 16.1. The third-order valence-electron chi connectivity index (χ3n) is 5.77. The molecule has 1 unspecified atom stereocenters. The first-order valence-corrected chi connectivity index (χ1v) is 10.5. The van der Waals surface area contributed by atoms with Crippen molar-refractivity contribution in [1.29, 1.82) is 5.26 Å². The minimum atomic E-state index is -0.665. The standard InChI is InChI=1S/C22H20Cl2FN3O2/c23-16-9-18-19(10-17(16)24)30-20(12-27-18)21(29)28-7-5-22(13-26,6-8-28)11-14-1-3-15(25)4-2-14/h1-4,9-10,20,27H,5-8,11-12H2. The van der Waals surface area contributed by atoms with Gasteiger partial charge in [0.25, 0.3) is 5.91 Å². The topological polar surface area (TPSA) is 65.4 Å². The number of carbonyl (C=O) groups excluding carboxylic acids is 1. The summed E-state index contributed by atoms with van der Waals surface area (Å²) in [5.41, 5.74) is 1.07. The first-order chi connectivity index (χ1) is 14.4. The quantitative estimate of drug-likeness (QED) is 0.741. The number of likely N-dealkylation sites (tertiary alicyclic amines) is 1. The molecule has 1 saturated heterocycles. The van der Waals surface area contributed by atoms with Gasteiger partial charge in [-0.15, -0.1) is 0 Å². The predicted octanol–water partition coefficient (Wildman–Crippen LogP) is 4.68. The second-order valence-electron chi connectivity index (χ2n) is 7.77. The third kappa shape index (κ3) is 4.19. The number of halogens is 3. The van der Waals surface area contributed by atoms with E-state index in [1.807, 2.05) is 0 Å². The molecule has 0 aliphatic carbocycles. The van der Waals surface area contributed by atoms with Crippen molar-refractivity contribution in [2.75, 3.05) is 25.0 Å². The van der Waals surface area contributed by atoms with Crippen LogP contribution in [0.1, 0.15) is 18.4 Å². The third-order valence-corrected chi connectivity index (χ3v) is 6.49. The molecular formula is C22H20Cl2FN3O2. The van der Waals surface area contributed by atoms with Crippen LogP contribution in [0, 0.1) is 22.6 Å². The number of nitrogens with one attached hydrogen (secondary N) is 1. The molecule has 2 aromatic rings. The fraction of sp³-hybridized carbons (Fsp3) is 0.364. The van der Waals surface area contributed by atoms with E-state index in [4.69, 9.17) is 27.9 Å². The summed E-state index contributed by atoms with van der Waals surface area (Å²) in [4.78, 5) is 14.7. The van der Waals surface area contributed by atoms with Crippen molar-refractivity contribution in [3.63, 3.8) is 0 Å². The van der Waals surface area contributed by atoms with Crippen LogP contribution < -0.4 is 10.1 Å². The van der Waals surface area contributed by atoms with E-state index < -0.39 is 11.5 Å². The summed E-state index contributed by atoms with van der Waals surface area (Å²) >= 11 is 12.1. The first-order valence-electron chi connectivity index (χ1n) is 9.73. The van der Waals surface area contributed by atoms with Gasteiger partial charge in [-0.05, 0) is 43.0 Å². The zero-order chi connectivity index (χ0) is 21.3. The molecule has 4 rings (SSSR count). The van der Waals surface area contributed by atoms with Crippen LogP contribution in [0.15, 0.2) is 36.4 Å². The molecule has 2 aliphatic heterocycles. The molecule has 0 bridgehead atoms. The molecule has 0 radical (unpaired) electrons. The first kappa shape index (κ1) is 20.8. The molecule has 1 N–H and O–H groups in total. The van der Waals surface area contributed by atoms with E-state index in [0.29, 0.717) is 60.4 Å². The van der Waals surface area contributed by atoms with Gasteiger partial charge < -0.3 is 15.0 Å². The summed E-state index contributed by atoms with van der Waals surface area (Å²) < 4.78 is 19.0. The van der Waals surface area contributed by atoms with Gasteiger partial charge in [0.1, 0.15) is 11.6 Å². The Kier molecular flexibility index (Phi) is 5.77. The maximum atomic E-state index is 13.2. The molecule has 5 nitrogen and oxygen atoms in total. The number of amides is 1. The number of benzene rings is 2. The fourth-order valence-electron chi connectivity index (χ4n) is 3.98. The predicted molar refractivity (Wildman–Crippen MR) is 113 cm³/mol. The maximum absolute atomic E-state index is 13.2. The Balaban J connectivity index is 1.39. The van der Waals surface area contributed by atoms with Crippen LogP contribution in [0.2, 0.25) is 10.0 Å². The number of ether oxygens (including phenoxy) is 1. The number of nitrogens with zero attached hydrogens (tertiary/aromatic N) is 2. The summed E-state index contributed by atoms with van der Waals surface area (Å²) in [7, 11) is 0. The van der Waals surface area contributed by atoms with Gasteiger partial charge in [0.15, 0.2) is 6.10 Å². The SMILES string of the molecule is N#CC1(Cc2ccc(F)cc2)CCN(C(=O)C2CNc3cc(Cl)c(Cl)cc3O2)CC1. The summed E-state index contributed by atoms with van der Waals surface area (Å²) in [6.45, 7) is 1.28. The van der Waals surface area contributed by atoms with Gasteiger partial charge in [0.05, 0.1) is 33.8 Å². The highest BCUT2D eigenvalue weighted by molar-refractivity contribution is 6.42. The summed E-state index contributed by atoms with van der Waals surface area (Å²) in [5.74, 6) is 0.0811. The van der Waals surface area contributed by atoms with E-state index >= 15 is 0 Å². The molecule has 156 valence electrons. The van der Waals surface area contributed by atoms with Crippen LogP contribution >= 0.6 is 23.2 Å². The van der Waals surface area contributed by atoms with Gasteiger partial charge in [-0.25, -0.2) is 4.39 Å². The van der Waals surface area contributed by atoms with Crippen molar-refractivity contribution in [1.82, 2.24) is 4.90 Å². The Bertz CT molecular complexity index is 999.